The number of rotatable bonds is 6. The van der Waals surface area contributed by atoms with Gasteiger partial charge in [0.25, 0.3) is 0 Å². The van der Waals surface area contributed by atoms with Crippen molar-refractivity contribution < 1.29 is 13.6 Å². The summed E-state index contributed by atoms with van der Waals surface area (Å²) in [5, 5.41) is 3.13. The minimum atomic E-state index is -0.802. The van der Waals surface area contributed by atoms with Gasteiger partial charge in [-0.1, -0.05) is 41.6 Å². The third-order valence-electron chi connectivity index (χ3n) is 3.69. The molecule has 3 aromatic rings. The number of benzene rings is 2. The Labute approximate surface area is 154 Å². The first-order valence-electron chi connectivity index (χ1n) is 7.95. The summed E-state index contributed by atoms with van der Waals surface area (Å²) < 4.78 is 28.4. The molecule has 3 rings (SSSR count). The van der Waals surface area contributed by atoms with Crippen LogP contribution >= 0.6 is 11.8 Å². The van der Waals surface area contributed by atoms with Crippen molar-refractivity contribution in [2.45, 2.75) is 18.6 Å². The Balaban J connectivity index is 1.59. The Morgan fingerprint density at radius 1 is 1.19 bits per heavy atom. The van der Waals surface area contributed by atoms with Gasteiger partial charge in [0, 0.05) is 25.0 Å². The summed E-state index contributed by atoms with van der Waals surface area (Å²) in [6.07, 6.45) is 3.52. The highest BCUT2D eigenvalue weighted by atomic mass is 32.2. The van der Waals surface area contributed by atoms with E-state index in [-0.39, 0.29) is 17.3 Å². The molecule has 7 heteroatoms. The fourth-order valence-corrected chi connectivity index (χ4v) is 3.11. The van der Waals surface area contributed by atoms with Gasteiger partial charge in [0.15, 0.2) is 5.16 Å². The van der Waals surface area contributed by atoms with E-state index >= 15 is 0 Å². The molecular formula is C19H17F2N3OS. The van der Waals surface area contributed by atoms with Crippen LogP contribution in [0, 0.1) is 18.6 Å². The van der Waals surface area contributed by atoms with E-state index in [0.717, 1.165) is 17.7 Å². The van der Waals surface area contributed by atoms with Crippen molar-refractivity contribution in [3.63, 3.8) is 0 Å². The molecule has 134 valence electrons. The highest BCUT2D eigenvalue weighted by Crippen LogP contribution is 2.19. The van der Waals surface area contributed by atoms with Gasteiger partial charge in [-0.25, -0.2) is 13.8 Å². The van der Waals surface area contributed by atoms with Crippen LogP contribution in [0.3, 0.4) is 0 Å². The number of amides is 1. The van der Waals surface area contributed by atoms with Crippen LogP contribution < -0.4 is 5.32 Å². The van der Waals surface area contributed by atoms with Crippen molar-refractivity contribution in [3.8, 4) is 0 Å². The fourth-order valence-electron chi connectivity index (χ4n) is 2.35. The lowest BCUT2D eigenvalue weighted by Gasteiger charge is -2.09. The summed E-state index contributed by atoms with van der Waals surface area (Å²) in [7, 11) is 0. The normalized spacial score (nSPS) is 10.7. The smallest absolute Gasteiger partial charge is 0.234 e. The van der Waals surface area contributed by atoms with Crippen molar-refractivity contribution in [2.75, 3.05) is 11.1 Å². The number of aromatic nitrogens is 2. The molecule has 0 aliphatic heterocycles. The van der Waals surface area contributed by atoms with Crippen molar-refractivity contribution in [1.29, 1.82) is 0 Å². The van der Waals surface area contributed by atoms with E-state index in [9.17, 15) is 13.6 Å². The number of carbonyl (C=O) groups excluding carboxylic acids is 1. The number of nitrogens with zero attached hydrogens (tertiary/aromatic N) is 2. The Bertz CT molecular complexity index is 909. The van der Waals surface area contributed by atoms with Crippen LogP contribution in [0.15, 0.2) is 60.0 Å². The Morgan fingerprint density at radius 3 is 2.69 bits per heavy atom. The van der Waals surface area contributed by atoms with Gasteiger partial charge >= 0.3 is 0 Å². The molecule has 0 fully saturated rings. The lowest BCUT2D eigenvalue weighted by atomic mass is 10.1. The first-order chi connectivity index (χ1) is 12.5. The van der Waals surface area contributed by atoms with Gasteiger partial charge in [-0.05, 0) is 24.6 Å². The number of hydrogen-bond donors (Lipinski definition) is 1. The van der Waals surface area contributed by atoms with E-state index in [1.807, 2.05) is 42.0 Å². The van der Waals surface area contributed by atoms with E-state index < -0.39 is 11.6 Å². The topological polar surface area (TPSA) is 46.9 Å². The summed E-state index contributed by atoms with van der Waals surface area (Å²) >= 11 is 1.26. The number of carbonyl (C=O) groups is 1. The number of anilines is 1. The number of halogens is 2. The van der Waals surface area contributed by atoms with Gasteiger partial charge < -0.3 is 9.88 Å². The van der Waals surface area contributed by atoms with E-state index in [4.69, 9.17) is 0 Å². The standard InChI is InChI=1S/C19H17F2N3OS/c1-13-2-4-14(5-3-13)11-24-9-8-22-19(24)26-12-18(25)23-17-7-6-15(20)10-16(17)21/h2-10H,11-12H2,1H3,(H,23,25). The molecule has 0 spiro atoms. The molecule has 1 heterocycles. The van der Waals surface area contributed by atoms with Crippen molar-refractivity contribution in [3.05, 3.63) is 77.6 Å². The molecule has 0 aliphatic carbocycles. The minimum absolute atomic E-state index is 0.0417. The first kappa shape index (κ1) is 18.1. The average molecular weight is 373 g/mol. The zero-order valence-electron chi connectivity index (χ0n) is 14.1. The maximum absolute atomic E-state index is 13.6. The first-order valence-corrected chi connectivity index (χ1v) is 8.94. The van der Waals surface area contributed by atoms with Crippen molar-refractivity contribution in [1.82, 2.24) is 9.55 Å². The maximum Gasteiger partial charge on any atom is 0.234 e. The number of thioether (sulfide) groups is 1. The predicted octanol–water partition coefficient (Wildman–Crippen LogP) is 4.25. The van der Waals surface area contributed by atoms with Gasteiger partial charge in [-0.15, -0.1) is 0 Å². The van der Waals surface area contributed by atoms with Crippen LogP contribution in [-0.4, -0.2) is 21.2 Å². The molecule has 0 bridgehead atoms. The van der Waals surface area contributed by atoms with Crippen LogP contribution in [0.5, 0.6) is 0 Å². The Morgan fingerprint density at radius 2 is 1.96 bits per heavy atom. The number of nitrogens with one attached hydrogen (secondary N) is 1. The van der Waals surface area contributed by atoms with E-state index in [0.29, 0.717) is 11.7 Å². The van der Waals surface area contributed by atoms with Crippen molar-refractivity contribution in [2.24, 2.45) is 0 Å². The molecule has 26 heavy (non-hydrogen) atoms. The summed E-state index contributed by atoms with van der Waals surface area (Å²) in [6, 6.07) is 11.2. The molecule has 0 aliphatic rings. The largest absolute Gasteiger partial charge is 0.323 e. The van der Waals surface area contributed by atoms with Gasteiger partial charge in [0.1, 0.15) is 11.6 Å². The van der Waals surface area contributed by atoms with Crippen LogP contribution in [0.2, 0.25) is 0 Å². The van der Waals surface area contributed by atoms with Gasteiger partial charge in [0.2, 0.25) is 5.91 Å². The molecule has 0 saturated heterocycles. The van der Waals surface area contributed by atoms with Gasteiger partial charge in [-0.3, -0.25) is 4.79 Å². The van der Waals surface area contributed by atoms with Crippen LogP contribution in [0.4, 0.5) is 14.5 Å². The van der Waals surface area contributed by atoms with Crippen LogP contribution in [-0.2, 0) is 11.3 Å². The highest BCUT2D eigenvalue weighted by molar-refractivity contribution is 7.99. The molecule has 2 aromatic carbocycles. The summed E-state index contributed by atoms with van der Waals surface area (Å²) in [4.78, 5) is 16.3. The van der Waals surface area contributed by atoms with E-state index in [2.05, 4.69) is 10.3 Å². The molecule has 4 nitrogen and oxygen atoms in total. The van der Waals surface area contributed by atoms with Gasteiger partial charge in [0.05, 0.1) is 11.4 Å². The maximum atomic E-state index is 13.6. The number of imidazole rings is 1. The second kappa shape index (κ2) is 8.14. The van der Waals surface area contributed by atoms with E-state index in [1.54, 1.807) is 6.20 Å². The van der Waals surface area contributed by atoms with Crippen LogP contribution in [0.25, 0.3) is 0 Å². The lowest BCUT2D eigenvalue weighted by Crippen LogP contribution is -2.15. The molecule has 0 unspecified atom stereocenters. The second-order valence-electron chi connectivity index (χ2n) is 5.78. The van der Waals surface area contributed by atoms with Gasteiger partial charge in [-0.2, -0.15) is 0 Å². The molecule has 1 amide bonds. The second-order valence-corrected chi connectivity index (χ2v) is 6.73. The Kier molecular flexibility index (Phi) is 5.68. The number of hydrogen-bond acceptors (Lipinski definition) is 3. The molecule has 0 saturated carbocycles. The van der Waals surface area contributed by atoms with Crippen LogP contribution in [0.1, 0.15) is 11.1 Å². The average Bonchev–Trinajstić information content (AvgIpc) is 3.05. The van der Waals surface area contributed by atoms with Crippen molar-refractivity contribution >= 4 is 23.4 Å². The monoisotopic (exact) mass is 373 g/mol. The summed E-state index contributed by atoms with van der Waals surface area (Å²) in [5.74, 6) is -1.80. The summed E-state index contributed by atoms with van der Waals surface area (Å²) in [5.41, 5.74) is 2.28. The molecule has 0 radical (unpaired) electrons. The molecular weight excluding hydrogens is 356 g/mol. The zero-order valence-corrected chi connectivity index (χ0v) is 14.9. The molecule has 1 aromatic heterocycles. The third kappa shape index (κ3) is 4.70. The molecule has 1 N–H and O–H groups in total. The zero-order chi connectivity index (χ0) is 18.5. The number of aryl methyl sites for hydroxylation is 1. The lowest BCUT2D eigenvalue weighted by molar-refractivity contribution is -0.113. The molecule has 0 atom stereocenters. The fraction of sp³-hybridized carbons (Fsp3) is 0.158. The SMILES string of the molecule is Cc1ccc(Cn2ccnc2SCC(=O)Nc2ccc(F)cc2F)cc1. The minimum Gasteiger partial charge on any atom is -0.323 e. The third-order valence-corrected chi connectivity index (χ3v) is 4.69. The summed E-state index contributed by atoms with van der Waals surface area (Å²) in [6.45, 7) is 2.68. The quantitative estimate of drug-likeness (QED) is 0.657. The van der Waals surface area contributed by atoms with E-state index in [1.165, 1.54) is 23.4 Å². The predicted molar refractivity (Wildman–Crippen MR) is 98.2 cm³/mol. The highest BCUT2D eigenvalue weighted by Gasteiger charge is 2.11. The Hall–Kier alpha value is -2.67.